The minimum Gasteiger partial charge on any atom is -0.437 e. The predicted octanol–water partition coefficient (Wildman–Crippen LogP) is 2.87. The molecule has 3 heteroatoms. The zero-order valence-electron chi connectivity index (χ0n) is 9.24. The van der Waals surface area contributed by atoms with Gasteiger partial charge in [0.1, 0.15) is 0 Å². The quantitative estimate of drug-likeness (QED) is 0.876. The molecule has 0 unspecified atom stereocenters. The summed E-state index contributed by atoms with van der Waals surface area (Å²) in [5.74, 6) is 0. The summed E-state index contributed by atoms with van der Waals surface area (Å²) in [5.41, 5.74) is 6.91. The molecule has 0 saturated heterocycles. The van der Waals surface area contributed by atoms with Crippen LogP contribution in [0, 0.1) is 0 Å². The summed E-state index contributed by atoms with van der Waals surface area (Å²) in [6, 6.07) is 19.0. The van der Waals surface area contributed by atoms with Crippen LogP contribution >= 0.6 is 0 Å². The Balaban J connectivity index is 2.36. The van der Waals surface area contributed by atoms with Crippen molar-refractivity contribution < 1.29 is 9.53 Å². The van der Waals surface area contributed by atoms with Crippen molar-refractivity contribution in [1.82, 2.24) is 0 Å². The topological polar surface area (TPSA) is 52.3 Å². The fourth-order valence-electron chi connectivity index (χ4n) is 1.70. The highest BCUT2D eigenvalue weighted by Crippen LogP contribution is 2.25. The highest BCUT2D eigenvalue weighted by molar-refractivity contribution is 5.65. The second kappa shape index (κ2) is 5.16. The first kappa shape index (κ1) is 11.2. The number of primary amides is 1. The van der Waals surface area contributed by atoms with Crippen molar-refractivity contribution in [3.8, 4) is 0 Å². The molecular formula is C14H13NO2. The summed E-state index contributed by atoms with van der Waals surface area (Å²) in [5, 5.41) is 0. The molecule has 86 valence electrons. The fraction of sp³-hybridized carbons (Fsp3) is 0.0714. The van der Waals surface area contributed by atoms with Gasteiger partial charge >= 0.3 is 6.09 Å². The summed E-state index contributed by atoms with van der Waals surface area (Å²) >= 11 is 0. The Kier molecular flexibility index (Phi) is 3.40. The average Bonchev–Trinajstić information content (AvgIpc) is 2.38. The lowest BCUT2D eigenvalue weighted by atomic mass is 10.0. The Morgan fingerprint density at radius 1 is 0.882 bits per heavy atom. The largest absolute Gasteiger partial charge is 0.437 e. The number of rotatable bonds is 3. The molecule has 3 nitrogen and oxygen atoms in total. The molecule has 0 aliphatic heterocycles. The monoisotopic (exact) mass is 227 g/mol. The van der Waals surface area contributed by atoms with Gasteiger partial charge in [-0.25, -0.2) is 4.79 Å². The summed E-state index contributed by atoms with van der Waals surface area (Å²) in [6.45, 7) is 0. The van der Waals surface area contributed by atoms with Gasteiger partial charge in [0, 0.05) is 0 Å². The molecule has 2 aromatic rings. The summed E-state index contributed by atoms with van der Waals surface area (Å²) in [4.78, 5) is 11.0. The third-order valence-corrected chi connectivity index (χ3v) is 2.44. The zero-order chi connectivity index (χ0) is 12.1. The minimum absolute atomic E-state index is 0.449. The Morgan fingerprint density at radius 3 is 1.65 bits per heavy atom. The molecule has 0 radical (unpaired) electrons. The summed E-state index contributed by atoms with van der Waals surface area (Å²) in [7, 11) is 0. The van der Waals surface area contributed by atoms with Crippen LogP contribution in [0.25, 0.3) is 0 Å². The van der Waals surface area contributed by atoms with E-state index in [4.69, 9.17) is 10.5 Å². The number of hydrogen-bond donors (Lipinski definition) is 1. The van der Waals surface area contributed by atoms with Gasteiger partial charge in [0.25, 0.3) is 0 Å². The third kappa shape index (κ3) is 2.84. The number of carbonyl (C=O) groups is 1. The van der Waals surface area contributed by atoms with E-state index in [0.717, 1.165) is 11.1 Å². The zero-order valence-corrected chi connectivity index (χ0v) is 9.24. The number of carbonyl (C=O) groups excluding carboxylic acids is 1. The Bertz CT molecular complexity index is 443. The molecular weight excluding hydrogens is 214 g/mol. The van der Waals surface area contributed by atoms with Crippen LogP contribution in [-0.4, -0.2) is 6.09 Å². The molecule has 0 bridgehead atoms. The molecule has 2 N–H and O–H groups in total. The van der Waals surface area contributed by atoms with Crippen LogP contribution in [-0.2, 0) is 4.74 Å². The lowest BCUT2D eigenvalue weighted by molar-refractivity contribution is 0.126. The van der Waals surface area contributed by atoms with Gasteiger partial charge in [-0.1, -0.05) is 60.7 Å². The van der Waals surface area contributed by atoms with Gasteiger partial charge in [-0.15, -0.1) is 0 Å². The second-order valence-corrected chi connectivity index (χ2v) is 3.64. The fourth-order valence-corrected chi connectivity index (χ4v) is 1.70. The van der Waals surface area contributed by atoms with Gasteiger partial charge in [-0.2, -0.15) is 0 Å². The molecule has 1 amide bonds. The predicted molar refractivity (Wildman–Crippen MR) is 65.4 cm³/mol. The van der Waals surface area contributed by atoms with Crippen LogP contribution in [0.2, 0.25) is 0 Å². The summed E-state index contributed by atoms with van der Waals surface area (Å²) in [6.07, 6.45) is -1.22. The van der Waals surface area contributed by atoms with Crippen molar-refractivity contribution in [1.29, 1.82) is 0 Å². The number of amides is 1. The molecule has 17 heavy (non-hydrogen) atoms. The van der Waals surface area contributed by atoms with Gasteiger partial charge in [0.05, 0.1) is 0 Å². The maximum atomic E-state index is 11.0. The summed E-state index contributed by atoms with van der Waals surface area (Å²) < 4.78 is 5.16. The molecule has 0 heterocycles. The number of hydrogen-bond acceptors (Lipinski definition) is 2. The first-order chi connectivity index (χ1) is 8.27. The van der Waals surface area contributed by atoms with Crippen molar-refractivity contribution in [2.75, 3.05) is 0 Å². The van der Waals surface area contributed by atoms with E-state index < -0.39 is 12.2 Å². The van der Waals surface area contributed by atoms with E-state index in [0.29, 0.717) is 0 Å². The van der Waals surface area contributed by atoms with Gasteiger partial charge in [-0.3, -0.25) is 0 Å². The van der Waals surface area contributed by atoms with Crippen molar-refractivity contribution >= 4 is 6.09 Å². The van der Waals surface area contributed by atoms with Crippen molar-refractivity contribution in [2.24, 2.45) is 5.73 Å². The van der Waals surface area contributed by atoms with E-state index in [-0.39, 0.29) is 0 Å². The van der Waals surface area contributed by atoms with E-state index in [2.05, 4.69) is 0 Å². The lowest BCUT2D eigenvalue weighted by Gasteiger charge is -2.17. The first-order valence-electron chi connectivity index (χ1n) is 5.33. The second-order valence-electron chi connectivity index (χ2n) is 3.64. The molecule has 0 saturated carbocycles. The van der Waals surface area contributed by atoms with Crippen LogP contribution in [0.15, 0.2) is 60.7 Å². The van der Waals surface area contributed by atoms with Crippen LogP contribution in [0.1, 0.15) is 17.2 Å². The van der Waals surface area contributed by atoms with Gasteiger partial charge in [-0.05, 0) is 11.1 Å². The smallest absolute Gasteiger partial charge is 0.405 e. The minimum atomic E-state index is -0.775. The molecule has 0 fully saturated rings. The highest BCUT2D eigenvalue weighted by Gasteiger charge is 2.16. The van der Waals surface area contributed by atoms with E-state index in [9.17, 15) is 4.79 Å². The average molecular weight is 227 g/mol. The van der Waals surface area contributed by atoms with Crippen LogP contribution < -0.4 is 5.73 Å². The molecule has 0 atom stereocenters. The third-order valence-electron chi connectivity index (χ3n) is 2.44. The van der Waals surface area contributed by atoms with E-state index in [1.165, 1.54) is 0 Å². The normalized spacial score (nSPS) is 10.2. The highest BCUT2D eigenvalue weighted by atomic mass is 16.6. The first-order valence-corrected chi connectivity index (χ1v) is 5.33. The standard InChI is InChI=1S/C14H13NO2/c15-14(16)17-13(11-7-3-1-4-8-11)12-9-5-2-6-10-12/h1-10,13H,(H2,15,16). The number of ether oxygens (including phenoxy) is 1. The van der Waals surface area contributed by atoms with Crippen LogP contribution in [0.5, 0.6) is 0 Å². The van der Waals surface area contributed by atoms with Crippen molar-refractivity contribution in [3.63, 3.8) is 0 Å². The van der Waals surface area contributed by atoms with Gasteiger partial charge in [0.2, 0.25) is 0 Å². The Hall–Kier alpha value is -2.29. The maximum Gasteiger partial charge on any atom is 0.405 e. The van der Waals surface area contributed by atoms with Gasteiger partial charge < -0.3 is 10.5 Å². The molecule has 0 aromatic heterocycles. The van der Waals surface area contributed by atoms with E-state index in [1.54, 1.807) is 0 Å². The lowest BCUT2D eigenvalue weighted by Crippen LogP contribution is -2.18. The van der Waals surface area contributed by atoms with Crippen LogP contribution in [0.3, 0.4) is 0 Å². The SMILES string of the molecule is NC(=O)OC(c1ccccc1)c1ccccc1. The molecule has 2 rings (SSSR count). The van der Waals surface area contributed by atoms with Crippen LogP contribution in [0.4, 0.5) is 4.79 Å². The molecule has 0 aliphatic carbocycles. The molecule has 0 spiro atoms. The Labute approximate surface area is 99.8 Å². The number of benzene rings is 2. The molecule has 2 aromatic carbocycles. The van der Waals surface area contributed by atoms with Gasteiger partial charge in [0.15, 0.2) is 6.10 Å². The van der Waals surface area contributed by atoms with Crippen molar-refractivity contribution in [3.05, 3.63) is 71.8 Å². The van der Waals surface area contributed by atoms with E-state index >= 15 is 0 Å². The molecule has 0 aliphatic rings. The van der Waals surface area contributed by atoms with E-state index in [1.807, 2.05) is 60.7 Å². The Morgan fingerprint density at radius 2 is 1.29 bits per heavy atom. The maximum absolute atomic E-state index is 11.0. The number of nitrogens with two attached hydrogens (primary N) is 1. The van der Waals surface area contributed by atoms with Crippen molar-refractivity contribution in [2.45, 2.75) is 6.10 Å².